The van der Waals surface area contributed by atoms with E-state index in [4.69, 9.17) is 0 Å². The molecule has 0 bridgehead atoms. The fourth-order valence-electron chi connectivity index (χ4n) is 1.97. The molecule has 1 unspecified atom stereocenters. The van der Waals surface area contributed by atoms with Crippen LogP contribution in [-0.4, -0.2) is 39.3 Å². The number of hydrogen-bond acceptors (Lipinski definition) is 4. The standard InChI is InChI=1S/C13H19N3O2/c1-10(18)6-8-15(2)13-11(9-17)16-7-4-3-5-12(16)14-13/h3-5,7,10,17-18H,6,8-9H2,1-2H3. The molecule has 2 heterocycles. The molecule has 2 N–H and O–H groups in total. The molecule has 0 spiro atoms. The molecule has 0 aliphatic heterocycles. The van der Waals surface area contributed by atoms with Gasteiger partial charge in [0.1, 0.15) is 5.65 Å². The second-order valence-electron chi connectivity index (χ2n) is 4.53. The lowest BCUT2D eigenvalue weighted by Crippen LogP contribution is -2.23. The van der Waals surface area contributed by atoms with Crippen molar-refractivity contribution in [1.82, 2.24) is 9.38 Å². The average Bonchev–Trinajstić information content (AvgIpc) is 2.74. The Morgan fingerprint density at radius 2 is 2.22 bits per heavy atom. The van der Waals surface area contributed by atoms with Crippen LogP contribution >= 0.6 is 0 Å². The summed E-state index contributed by atoms with van der Waals surface area (Å²) >= 11 is 0. The summed E-state index contributed by atoms with van der Waals surface area (Å²) < 4.78 is 1.88. The molecule has 0 aromatic carbocycles. The van der Waals surface area contributed by atoms with E-state index < -0.39 is 0 Å². The molecule has 98 valence electrons. The van der Waals surface area contributed by atoms with Gasteiger partial charge in [-0.25, -0.2) is 4.98 Å². The van der Waals surface area contributed by atoms with Crippen molar-refractivity contribution in [2.75, 3.05) is 18.5 Å². The van der Waals surface area contributed by atoms with E-state index in [1.165, 1.54) is 0 Å². The maximum absolute atomic E-state index is 9.49. The Balaban J connectivity index is 2.31. The molecular formula is C13H19N3O2. The van der Waals surface area contributed by atoms with Gasteiger partial charge >= 0.3 is 0 Å². The van der Waals surface area contributed by atoms with E-state index in [1.54, 1.807) is 6.92 Å². The summed E-state index contributed by atoms with van der Waals surface area (Å²) in [7, 11) is 1.92. The van der Waals surface area contributed by atoms with Crippen LogP contribution in [0, 0.1) is 0 Å². The summed E-state index contributed by atoms with van der Waals surface area (Å²) in [4.78, 5) is 6.47. The van der Waals surface area contributed by atoms with Crippen LogP contribution in [0.15, 0.2) is 24.4 Å². The van der Waals surface area contributed by atoms with Crippen LogP contribution in [0.25, 0.3) is 5.65 Å². The summed E-state index contributed by atoms with van der Waals surface area (Å²) in [6.07, 6.45) is 2.23. The first kappa shape index (κ1) is 12.9. The van der Waals surface area contributed by atoms with E-state index in [9.17, 15) is 10.2 Å². The van der Waals surface area contributed by atoms with Crippen LogP contribution in [0.2, 0.25) is 0 Å². The van der Waals surface area contributed by atoms with Gasteiger partial charge in [-0.1, -0.05) is 6.07 Å². The number of pyridine rings is 1. The number of anilines is 1. The second kappa shape index (κ2) is 5.37. The third kappa shape index (κ3) is 2.47. The summed E-state index contributed by atoms with van der Waals surface area (Å²) in [5.41, 5.74) is 1.60. The smallest absolute Gasteiger partial charge is 0.153 e. The van der Waals surface area contributed by atoms with E-state index in [1.807, 2.05) is 40.7 Å². The van der Waals surface area contributed by atoms with Crippen molar-refractivity contribution >= 4 is 11.5 Å². The molecule has 5 nitrogen and oxygen atoms in total. The quantitative estimate of drug-likeness (QED) is 0.831. The molecule has 0 aliphatic rings. The monoisotopic (exact) mass is 249 g/mol. The molecule has 0 amide bonds. The van der Waals surface area contributed by atoms with Crippen LogP contribution < -0.4 is 4.90 Å². The fourth-order valence-corrected chi connectivity index (χ4v) is 1.97. The number of aliphatic hydroxyl groups excluding tert-OH is 2. The normalized spacial score (nSPS) is 12.9. The molecule has 0 radical (unpaired) electrons. The van der Waals surface area contributed by atoms with Gasteiger partial charge in [-0.3, -0.25) is 4.40 Å². The first-order valence-corrected chi connectivity index (χ1v) is 6.09. The van der Waals surface area contributed by atoms with E-state index in [0.29, 0.717) is 13.0 Å². The van der Waals surface area contributed by atoms with Gasteiger partial charge in [0.25, 0.3) is 0 Å². The van der Waals surface area contributed by atoms with Crippen LogP contribution in [-0.2, 0) is 6.61 Å². The fraction of sp³-hybridized carbons (Fsp3) is 0.462. The summed E-state index contributed by atoms with van der Waals surface area (Å²) in [6.45, 7) is 2.42. The zero-order valence-corrected chi connectivity index (χ0v) is 10.7. The van der Waals surface area contributed by atoms with Crippen molar-refractivity contribution in [3.8, 4) is 0 Å². The van der Waals surface area contributed by atoms with E-state index in [2.05, 4.69) is 4.98 Å². The summed E-state index contributed by atoms with van der Waals surface area (Å²) in [6, 6.07) is 5.74. The van der Waals surface area contributed by atoms with Crippen molar-refractivity contribution in [3.05, 3.63) is 30.1 Å². The van der Waals surface area contributed by atoms with Gasteiger partial charge in [0.05, 0.1) is 18.4 Å². The highest BCUT2D eigenvalue weighted by molar-refractivity contribution is 5.55. The third-order valence-corrected chi connectivity index (χ3v) is 3.00. The summed E-state index contributed by atoms with van der Waals surface area (Å²) in [5, 5.41) is 18.8. The minimum Gasteiger partial charge on any atom is -0.393 e. The molecule has 2 aromatic rings. The molecule has 2 aromatic heterocycles. The highest BCUT2D eigenvalue weighted by atomic mass is 16.3. The van der Waals surface area contributed by atoms with E-state index in [0.717, 1.165) is 17.2 Å². The van der Waals surface area contributed by atoms with Crippen LogP contribution in [0.1, 0.15) is 19.0 Å². The Bertz CT molecular complexity index is 522. The number of hydrogen-bond donors (Lipinski definition) is 2. The molecule has 1 atom stereocenters. The topological polar surface area (TPSA) is 61.0 Å². The highest BCUT2D eigenvalue weighted by Crippen LogP contribution is 2.21. The van der Waals surface area contributed by atoms with Crippen molar-refractivity contribution < 1.29 is 10.2 Å². The number of rotatable bonds is 5. The zero-order valence-electron chi connectivity index (χ0n) is 10.7. The lowest BCUT2D eigenvalue weighted by atomic mass is 10.2. The molecular weight excluding hydrogens is 230 g/mol. The molecule has 0 saturated carbocycles. The Hall–Kier alpha value is -1.59. The largest absolute Gasteiger partial charge is 0.393 e. The van der Waals surface area contributed by atoms with Crippen molar-refractivity contribution in [2.24, 2.45) is 0 Å². The average molecular weight is 249 g/mol. The predicted molar refractivity (Wildman–Crippen MR) is 70.7 cm³/mol. The minimum absolute atomic E-state index is 0.0560. The Morgan fingerprint density at radius 1 is 1.44 bits per heavy atom. The molecule has 0 saturated heterocycles. The maximum atomic E-state index is 9.49. The van der Waals surface area contributed by atoms with Gasteiger partial charge in [-0.15, -0.1) is 0 Å². The number of aromatic nitrogens is 2. The Kier molecular flexibility index (Phi) is 3.84. The third-order valence-electron chi connectivity index (χ3n) is 3.00. The van der Waals surface area contributed by atoms with Gasteiger partial charge in [0.15, 0.2) is 5.82 Å². The molecule has 5 heteroatoms. The molecule has 18 heavy (non-hydrogen) atoms. The Morgan fingerprint density at radius 3 is 2.89 bits per heavy atom. The molecule has 0 aliphatic carbocycles. The lowest BCUT2D eigenvalue weighted by Gasteiger charge is -2.18. The second-order valence-corrected chi connectivity index (χ2v) is 4.53. The minimum atomic E-state index is -0.331. The van der Waals surface area contributed by atoms with Gasteiger partial charge in [-0.05, 0) is 25.5 Å². The number of imidazole rings is 1. The van der Waals surface area contributed by atoms with Crippen molar-refractivity contribution in [2.45, 2.75) is 26.1 Å². The zero-order chi connectivity index (χ0) is 13.1. The van der Waals surface area contributed by atoms with Crippen molar-refractivity contribution in [1.29, 1.82) is 0 Å². The number of aliphatic hydroxyl groups is 2. The summed E-state index contributed by atoms with van der Waals surface area (Å²) in [5.74, 6) is 0.768. The SMILES string of the molecule is CC(O)CCN(C)c1nc2ccccn2c1CO. The van der Waals surface area contributed by atoms with Gasteiger partial charge in [-0.2, -0.15) is 0 Å². The first-order chi connectivity index (χ1) is 8.63. The van der Waals surface area contributed by atoms with E-state index >= 15 is 0 Å². The van der Waals surface area contributed by atoms with Gasteiger partial charge in [0, 0.05) is 19.8 Å². The van der Waals surface area contributed by atoms with Crippen molar-refractivity contribution in [3.63, 3.8) is 0 Å². The molecule has 2 rings (SSSR count). The number of fused-ring (bicyclic) bond motifs is 1. The highest BCUT2D eigenvalue weighted by Gasteiger charge is 2.14. The predicted octanol–water partition coefficient (Wildman–Crippen LogP) is 1.03. The molecule has 0 fully saturated rings. The number of nitrogens with zero attached hydrogens (tertiary/aromatic N) is 3. The van der Waals surface area contributed by atoms with Crippen LogP contribution in [0.3, 0.4) is 0 Å². The van der Waals surface area contributed by atoms with Crippen LogP contribution in [0.4, 0.5) is 5.82 Å². The maximum Gasteiger partial charge on any atom is 0.153 e. The van der Waals surface area contributed by atoms with E-state index in [-0.39, 0.29) is 12.7 Å². The van der Waals surface area contributed by atoms with Crippen LogP contribution in [0.5, 0.6) is 0 Å². The Labute approximate surface area is 106 Å². The lowest BCUT2D eigenvalue weighted by molar-refractivity contribution is 0.186. The van der Waals surface area contributed by atoms with Gasteiger partial charge in [0.2, 0.25) is 0 Å². The first-order valence-electron chi connectivity index (χ1n) is 6.09. The van der Waals surface area contributed by atoms with Gasteiger partial charge < -0.3 is 15.1 Å².